The number of nitrogens with zero attached hydrogens (tertiary/aromatic N) is 2. The Morgan fingerprint density at radius 2 is 2.06 bits per heavy atom. The number of nitrogens with one attached hydrogen (secondary N) is 1. The number of carbonyl (C=O) groups excluding carboxylic acids is 1. The number of para-hydroxylation sites is 1. The molecule has 0 atom stereocenters. The van der Waals surface area contributed by atoms with Crippen molar-refractivity contribution in [1.29, 1.82) is 0 Å². The fraction of sp³-hybridized carbons (Fsp3) is 0.231. The Morgan fingerprint density at radius 1 is 1.29 bits per heavy atom. The monoisotopic (exact) mass is 229 g/mol. The van der Waals surface area contributed by atoms with Gasteiger partial charge in [0.15, 0.2) is 0 Å². The SMILES string of the molecule is CN(C)C(=O)NCc1cccc2cccnc12. The van der Waals surface area contributed by atoms with Gasteiger partial charge in [0, 0.05) is 32.2 Å². The van der Waals surface area contributed by atoms with Crippen molar-refractivity contribution in [3.8, 4) is 0 Å². The lowest BCUT2D eigenvalue weighted by molar-refractivity contribution is 0.217. The van der Waals surface area contributed by atoms with E-state index in [0.29, 0.717) is 6.54 Å². The summed E-state index contributed by atoms with van der Waals surface area (Å²) in [5.41, 5.74) is 1.97. The molecule has 2 amide bonds. The summed E-state index contributed by atoms with van der Waals surface area (Å²) in [5.74, 6) is 0. The molecule has 0 saturated carbocycles. The Hall–Kier alpha value is -2.10. The third-order valence-corrected chi connectivity index (χ3v) is 2.55. The summed E-state index contributed by atoms with van der Waals surface area (Å²) in [5, 5.41) is 3.92. The van der Waals surface area contributed by atoms with Crippen molar-refractivity contribution in [3.05, 3.63) is 42.1 Å². The van der Waals surface area contributed by atoms with E-state index in [9.17, 15) is 4.79 Å². The maximum Gasteiger partial charge on any atom is 0.317 e. The smallest absolute Gasteiger partial charge is 0.317 e. The minimum Gasteiger partial charge on any atom is -0.334 e. The van der Waals surface area contributed by atoms with Crippen molar-refractivity contribution in [2.45, 2.75) is 6.54 Å². The molecular weight excluding hydrogens is 214 g/mol. The maximum absolute atomic E-state index is 11.4. The average molecular weight is 229 g/mol. The first-order valence-electron chi connectivity index (χ1n) is 5.46. The van der Waals surface area contributed by atoms with Crippen LogP contribution in [0.15, 0.2) is 36.5 Å². The summed E-state index contributed by atoms with van der Waals surface area (Å²) in [4.78, 5) is 17.3. The fourth-order valence-corrected chi connectivity index (χ4v) is 1.64. The van der Waals surface area contributed by atoms with Gasteiger partial charge in [-0.2, -0.15) is 0 Å². The third-order valence-electron chi connectivity index (χ3n) is 2.55. The number of amides is 2. The predicted octanol–water partition coefficient (Wildman–Crippen LogP) is 2.01. The molecule has 88 valence electrons. The largest absolute Gasteiger partial charge is 0.334 e. The molecule has 2 aromatic rings. The van der Waals surface area contributed by atoms with Crippen LogP contribution in [0.3, 0.4) is 0 Å². The third kappa shape index (κ3) is 2.53. The number of pyridine rings is 1. The van der Waals surface area contributed by atoms with Crippen LogP contribution in [-0.4, -0.2) is 30.0 Å². The summed E-state index contributed by atoms with van der Waals surface area (Å²) >= 11 is 0. The number of fused-ring (bicyclic) bond motifs is 1. The highest BCUT2D eigenvalue weighted by Crippen LogP contribution is 2.15. The average Bonchev–Trinajstić information content (AvgIpc) is 2.35. The number of carbonyl (C=O) groups is 1. The highest BCUT2D eigenvalue weighted by atomic mass is 16.2. The Labute approximate surface area is 100 Å². The van der Waals surface area contributed by atoms with Crippen molar-refractivity contribution < 1.29 is 4.79 Å². The van der Waals surface area contributed by atoms with Crippen LogP contribution >= 0.6 is 0 Å². The summed E-state index contributed by atoms with van der Waals surface area (Å²) in [6, 6.07) is 9.79. The topological polar surface area (TPSA) is 45.2 Å². The van der Waals surface area contributed by atoms with Gasteiger partial charge in [0.2, 0.25) is 0 Å². The van der Waals surface area contributed by atoms with Gasteiger partial charge in [0.05, 0.1) is 5.52 Å². The number of aromatic nitrogens is 1. The van der Waals surface area contributed by atoms with E-state index in [-0.39, 0.29) is 6.03 Å². The van der Waals surface area contributed by atoms with Gasteiger partial charge in [0.1, 0.15) is 0 Å². The molecule has 1 N–H and O–H groups in total. The molecule has 2 rings (SSSR count). The van der Waals surface area contributed by atoms with Crippen LogP contribution in [0.1, 0.15) is 5.56 Å². The second-order valence-corrected chi connectivity index (χ2v) is 4.05. The quantitative estimate of drug-likeness (QED) is 0.856. The molecule has 17 heavy (non-hydrogen) atoms. The van der Waals surface area contributed by atoms with Crippen LogP contribution < -0.4 is 5.32 Å². The predicted molar refractivity (Wildman–Crippen MR) is 67.7 cm³/mol. The molecule has 1 heterocycles. The summed E-state index contributed by atoms with van der Waals surface area (Å²) < 4.78 is 0. The molecule has 0 spiro atoms. The molecule has 1 aromatic heterocycles. The summed E-state index contributed by atoms with van der Waals surface area (Å²) in [6.07, 6.45) is 1.76. The lowest BCUT2D eigenvalue weighted by Crippen LogP contribution is -2.33. The van der Waals surface area contributed by atoms with E-state index in [4.69, 9.17) is 0 Å². The zero-order valence-electron chi connectivity index (χ0n) is 9.97. The molecule has 0 aliphatic heterocycles. The van der Waals surface area contributed by atoms with E-state index >= 15 is 0 Å². The Balaban J connectivity index is 2.21. The highest BCUT2D eigenvalue weighted by Gasteiger charge is 2.05. The Morgan fingerprint density at radius 3 is 2.82 bits per heavy atom. The normalized spacial score (nSPS) is 10.2. The molecule has 0 saturated heterocycles. The van der Waals surface area contributed by atoms with Crippen LogP contribution in [0, 0.1) is 0 Å². The van der Waals surface area contributed by atoms with Gasteiger partial charge in [0.25, 0.3) is 0 Å². The number of hydrogen-bond acceptors (Lipinski definition) is 2. The molecule has 0 aliphatic rings. The minimum atomic E-state index is -0.0991. The second kappa shape index (κ2) is 4.82. The van der Waals surface area contributed by atoms with E-state index in [0.717, 1.165) is 16.5 Å². The van der Waals surface area contributed by atoms with Gasteiger partial charge in [-0.05, 0) is 11.6 Å². The highest BCUT2D eigenvalue weighted by molar-refractivity contribution is 5.82. The van der Waals surface area contributed by atoms with Gasteiger partial charge in [-0.3, -0.25) is 4.98 Å². The van der Waals surface area contributed by atoms with Crippen LogP contribution in [-0.2, 0) is 6.54 Å². The van der Waals surface area contributed by atoms with Crippen molar-refractivity contribution in [2.75, 3.05) is 14.1 Å². The molecule has 0 fully saturated rings. The molecular formula is C13H15N3O. The fourth-order valence-electron chi connectivity index (χ4n) is 1.64. The summed E-state index contributed by atoms with van der Waals surface area (Å²) in [7, 11) is 3.44. The van der Waals surface area contributed by atoms with Gasteiger partial charge in [-0.25, -0.2) is 4.79 Å². The molecule has 4 nitrogen and oxygen atoms in total. The first-order chi connectivity index (χ1) is 8.18. The van der Waals surface area contributed by atoms with Crippen molar-refractivity contribution in [2.24, 2.45) is 0 Å². The first kappa shape index (κ1) is 11.4. The zero-order chi connectivity index (χ0) is 12.3. The van der Waals surface area contributed by atoms with E-state index in [1.54, 1.807) is 20.3 Å². The molecule has 0 bridgehead atoms. The second-order valence-electron chi connectivity index (χ2n) is 4.05. The lowest BCUT2D eigenvalue weighted by atomic mass is 10.1. The van der Waals surface area contributed by atoms with Crippen molar-refractivity contribution >= 4 is 16.9 Å². The molecule has 0 unspecified atom stereocenters. The van der Waals surface area contributed by atoms with E-state index in [1.807, 2.05) is 30.3 Å². The van der Waals surface area contributed by atoms with Gasteiger partial charge >= 0.3 is 6.03 Å². The Kier molecular flexibility index (Phi) is 3.23. The number of urea groups is 1. The molecule has 1 aromatic carbocycles. The van der Waals surface area contributed by atoms with Crippen molar-refractivity contribution in [3.63, 3.8) is 0 Å². The molecule has 0 radical (unpaired) electrons. The van der Waals surface area contributed by atoms with E-state index in [2.05, 4.69) is 10.3 Å². The molecule has 4 heteroatoms. The van der Waals surface area contributed by atoms with Crippen LogP contribution in [0.25, 0.3) is 10.9 Å². The Bertz CT molecular complexity index is 532. The number of rotatable bonds is 2. The van der Waals surface area contributed by atoms with Gasteiger partial charge < -0.3 is 10.2 Å². The van der Waals surface area contributed by atoms with Crippen LogP contribution in [0.5, 0.6) is 0 Å². The van der Waals surface area contributed by atoms with Crippen LogP contribution in [0.2, 0.25) is 0 Å². The number of benzene rings is 1. The van der Waals surface area contributed by atoms with Crippen LogP contribution in [0.4, 0.5) is 4.79 Å². The lowest BCUT2D eigenvalue weighted by Gasteiger charge is -2.12. The van der Waals surface area contributed by atoms with Crippen molar-refractivity contribution in [1.82, 2.24) is 15.2 Å². The van der Waals surface area contributed by atoms with Gasteiger partial charge in [-0.15, -0.1) is 0 Å². The standard InChI is InChI=1S/C13H15N3O/c1-16(2)13(17)15-9-11-6-3-5-10-7-4-8-14-12(10)11/h3-8H,9H2,1-2H3,(H,15,17). The molecule has 0 aliphatic carbocycles. The van der Waals surface area contributed by atoms with E-state index in [1.165, 1.54) is 4.90 Å². The first-order valence-corrected chi connectivity index (χ1v) is 5.46. The maximum atomic E-state index is 11.4. The zero-order valence-corrected chi connectivity index (χ0v) is 9.97. The van der Waals surface area contributed by atoms with Gasteiger partial charge in [-0.1, -0.05) is 24.3 Å². The van der Waals surface area contributed by atoms with E-state index < -0.39 is 0 Å². The number of hydrogen-bond donors (Lipinski definition) is 1. The minimum absolute atomic E-state index is 0.0991. The summed E-state index contributed by atoms with van der Waals surface area (Å²) in [6.45, 7) is 0.491.